The standard InChI is InChI=1S/C13H27N3O/c1-5-7-12-13(17)16(10-14-12)9-6-8-15(4)11(2)3/h11-12,14H,5-10H2,1-4H3. The highest BCUT2D eigenvalue weighted by molar-refractivity contribution is 5.83. The molecule has 0 spiro atoms. The van der Waals surface area contributed by atoms with Crippen molar-refractivity contribution in [3.05, 3.63) is 0 Å². The minimum atomic E-state index is 0.0721. The smallest absolute Gasteiger partial charge is 0.240 e. The van der Waals surface area contributed by atoms with Gasteiger partial charge in [-0.25, -0.2) is 0 Å². The quantitative estimate of drug-likeness (QED) is 0.729. The van der Waals surface area contributed by atoms with Gasteiger partial charge in [0.1, 0.15) is 0 Å². The second-order valence-electron chi connectivity index (χ2n) is 5.23. The van der Waals surface area contributed by atoms with E-state index in [0.29, 0.717) is 11.9 Å². The van der Waals surface area contributed by atoms with Crippen LogP contribution >= 0.6 is 0 Å². The van der Waals surface area contributed by atoms with E-state index in [9.17, 15) is 4.79 Å². The lowest BCUT2D eigenvalue weighted by atomic mass is 10.1. The van der Waals surface area contributed by atoms with E-state index in [0.717, 1.165) is 39.0 Å². The predicted octanol–water partition coefficient (Wildman–Crippen LogP) is 1.27. The number of rotatable bonds is 7. The Hall–Kier alpha value is -0.610. The van der Waals surface area contributed by atoms with Crippen LogP contribution in [0.1, 0.15) is 40.0 Å². The molecule has 1 amide bonds. The highest BCUT2D eigenvalue weighted by Crippen LogP contribution is 2.09. The summed E-state index contributed by atoms with van der Waals surface area (Å²) in [5.74, 6) is 0.291. The fourth-order valence-electron chi connectivity index (χ4n) is 2.08. The molecule has 1 heterocycles. The second-order valence-corrected chi connectivity index (χ2v) is 5.23. The van der Waals surface area contributed by atoms with Crippen LogP contribution in [-0.4, -0.2) is 54.6 Å². The van der Waals surface area contributed by atoms with Crippen LogP contribution < -0.4 is 5.32 Å². The third-order valence-electron chi connectivity index (χ3n) is 3.54. The van der Waals surface area contributed by atoms with Crippen LogP contribution in [0.15, 0.2) is 0 Å². The zero-order valence-electron chi connectivity index (χ0n) is 11.7. The first-order valence-electron chi connectivity index (χ1n) is 6.78. The summed E-state index contributed by atoms with van der Waals surface area (Å²) in [6, 6.07) is 0.651. The van der Waals surface area contributed by atoms with Gasteiger partial charge in [-0.05, 0) is 40.3 Å². The third kappa shape index (κ3) is 4.28. The molecule has 1 fully saturated rings. The van der Waals surface area contributed by atoms with Gasteiger partial charge in [0.05, 0.1) is 12.7 Å². The van der Waals surface area contributed by atoms with Gasteiger partial charge < -0.3 is 9.80 Å². The van der Waals surface area contributed by atoms with Crippen LogP contribution in [0.25, 0.3) is 0 Å². The Bertz CT molecular complexity index is 243. The minimum absolute atomic E-state index is 0.0721. The summed E-state index contributed by atoms with van der Waals surface area (Å²) in [5.41, 5.74) is 0. The molecule has 1 aliphatic heterocycles. The lowest BCUT2D eigenvalue weighted by Gasteiger charge is -2.22. The van der Waals surface area contributed by atoms with Crippen LogP contribution in [-0.2, 0) is 4.79 Å². The summed E-state index contributed by atoms with van der Waals surface area (Å²) in [5, 5.41) is 3.28. The SMILES string of the molecule is CCCC1NCN(CCCN(C)C(C)C)C1=O. The lowest BCUT2D eigenvalue weighted by Crippen LogP contribution is -2.34. The number of nitrogens with zero attached hydrogens (tertiary/aromatic N) is 2. The van der Waals surface area contributed by atoms with Gasteiger partial charge in [0.25, 0.3) is 0 Å². The van der Waals surface area contributed by atoms with Crippen LogP contribution in [0.3, 0.4) is 0 Å². The first-order chi connectivity index (χ1) is 8.06. The molecule has 1 unspecified atom stereocenters. The van der Waals surface area contributed by atoms with E-state index in [1.807, 2.05) is 4.90 Å². The monoisotopic (exact) mass is 241 g/mol. The Labute approximate surface area is 105 Å². The van der Waals surface area contributed by atoms with Crippen LogP contribution in [0.5, 0.6) is 0 Å². The molecule has 1 rings (SSSR count). The molecule has 0 saturated carbocycles. The zero-order valence-corrected chi connectivity index (χ0v) is 11.7. The summed E-state index contributed by atoms with van der Waals surface area (Å²) in [4.78, 5) is 16.2. The molecule has 100 valence electrons. The van der Waals surface area contributed by atoms with Gasteiger partial charge >= 0.3 is 0 Å². The second kappa shape index (κ2) is 6.97. The van der Waals surface area contributed by atoms with Crippen molar-refractivity contribution in [2.75, 3.05) is 26.8 Å². The van der Waals surface area contributed by atoms with E-state index in [4.69, 9.17) is 0 Å². The fourth-order valence-corrected chi connectivity index (χ4v) is 2.08. The van der Waals surface area contributed by atoms with E-state index in [1.165, 1.54) is 0 Å². The summed E-state index contributed by atoms with van der Waals surface area (Å²) in [6.07, 6.45) is 3.08. The van der Waals surface area contributed by atoms with Gasteiger partial charge in [0.2, 0.25) is 5.91 Å². The maximum absolute atomic E-state index is 12.0. The number of hydrogen-bond acceptors (Lipinski definition) is 3. The highest BCUT2D eigenvalue weighted by atomic mass is 16.2. The third-order valence-corrected chi connectivity index (χ3v) is 3.54. The number of amides is 1. The van der Waals surface area contributed by atoms with Crippen molar-refractivity contribution in [2.45, 2.75) is 52.1 Å². The average molecular weight is 241 g/mol. The summed E-state index contributed by atoms with van der Waals surface area (Å²) in [6.45, 7) is 9.17. The van der Waals surface area contributed by atoms with Gasteiger partial charge in [0, 0.05) is 12.6 Å². The number of nitrogens with one attached hydrogen (secondary N) is 1. The average Bonchev–Trinajstić information content (AvgIpc) is 2.62. The van der Waals surface area contributed by atoms with Gasteiger partial charge in [-0.3, -0.25) is 10.1 Å². The van der Waals surface area contributed by atoms with E-state index in [1.54, 1.807) is 0 Å². The van der Waals surface area contributed by atoms with Crippen LogP contribution in [0, 0.1) is 0 Å². The Balaban J connectivity index is 2.23. The molecule has 1 saturated heterocycles. The lowest BCUT2D eigenvalue weighted by molar-refractivity contribution is -0.129. The van der Waals surface area contributed by atoms with Crippen molar-refractivity contribution in [2.24, 2.45) is 0 Å². The van der Waals surface area contributed by atoms with Gasteiger partial charge in [-0.1, -0.05) is 13.3 Å². The molecule has 1 N–H and O–H groups in total. The molecular formula is C13H27N3O. The maximum Gasteiger partial charge on any atom is 0.240 e. The highest BCUT2D eigenvalue weighted by Gasteiger charge is 2.29. The van der Waals surface area contributed by atoms with E-state index in [-0.39, 0.29) is 6.04 Å². The van der Waals surface area contributed by atoms with Gasteiger partial charge in [0.15, 0.2) is 0 Å². The van der Waals surface area contributed by atoms with E-state index < -0.39 is 0 Å². The van der Waals surface area contributed by atoms with Crippen LogP contribution in [0.4, 0.5) is 0 Å². The summed E-state index contributed by atoms with van der Waals surface area (Å²) < 4.78 is 0. The molecule has 1 aliphatic rings. The van der Waals surface area contributed by atoms with E-state index >= 15 is 0 Å². The fraction of sp³-hybridized carbons (Fsp3) is 0.923. The van der Waals surface area contributed by atoms with Crippen molar-refractivity contribution in [1.29, 1.82) is 0 Å². The molecule has 4 nitrogen and oxygen atoms in total. The molecule has 0 aromatic carbocycles. The first-order valence-corrected chi connectivity index (χ1v) is 6.78. The normalized spacial score (nSPS) is 20.9. The number of carbonyl (C=O) groups excluding carboxylic acids is 1. The maximum atomic E-state index is 12.0. The predicted molar refractivity (Wildman–Crippen MR) is 70.8 cm³/mol. The van der Waals surface area contributed by atoms with E-state index in [2.05, 4.69) is 38.0 Å². The molecule has 17 heavy (non-hydrogen) atoms. The minimum Gasteiger partial charge on any atom is -0.329 e. The topological polar surface area (TPSA) is 35.6 Å². The number of carbonyl (C=O) groups is 1. The molecule has 1 atom stereocenters. The molecular weight excluding hydrogens is 214 g/mol. The zero-order chi connectivity index (χ0) is 12.8. The Morgan fingerprint density at radius 2 is 2.24 bits per heavy atom. The molecule has 0 aliphatic carbocycles. The molecule has 0 aromatic heterocycles. The van der Waals surface area contributed by atoms with Crippen molar-refractivity contribution in [1.82, 2.24) is 15.1 Å². The van der Waals surface area contributed by atoms with Crippen molar-refractivity contribution in [3.8, 4) is 0 Å². The van der Waals surface area contributed by atoms with Crippen LogP contribution in [0.2, 0.25) is 0 Å². The van der Waals surface area contributed by atoms with Gasteiger partial charge in [-0.15, -0.1) is 0 Å². The van der Waals surface area contributed by atoms with Gasteiger partial charge in [-0.2, -0.15) is 0 Å². The Morgan fingerprint density at radius 1 is 1.53 bits per heavy atom. The molecule has 0 bridgehead atoms. The first kappa shape index (κ1) is 14.5. The Morgan fingerprint density at radius 3 is 2.82 bits per heavy atom. The molecule has 4 heteroatoms. The Kier molecular flexibility index (Phi) is 5.92. The van der Waals surface area contributed by atoms with Crippen molar-refractivity contribution in [3.63, 3.8) is 0 Å². The largest absolute Gasteiger partial charge is 0.329 e. The van der Waals surface area contributed by atoms with Crippen molar-refractivity contribution < 1.29 is 4.79 Å². The summed E-state index contributed by atoms with van der Waals surface area (Å²) in [7, 11) is 2.13. The molecule has 0 aromatic rings. The summed E-state index contributed by atoms with van der Waals surface area (Å²) >= 11 is 0. The number of hydrogen-bond donors (Lipinski definition) is 1. The molecule has 0 radical (unpaired) electrons. The van der Waals surface area contributed by atoms with Crippen molar-refractivity contribution >= 4 is 5.91 Å².